The third-order valence-corrected chi connectivity index (χ3v) is 2.96. The van der Waals surface area contributed by atoms with Gasteiger partial charge in [-0.1, -0.05) is 0 Å². The largest absolute Gasteiger partial charge is 0.466 e. The molecule has 5 heteroatoms. The molecule has 2 rings (SSSR count). The van der Waals surface area contributed by atoms with Gasteiger partial charge >= 0.3 is 0 Å². The van der Waals surface area contributed by atoms with Crippen LogP contribution in [-0.4, -0.2) is 21.8 Å². The quantitative estimate of drug-likeness (QED) is 0.752. The maximum Gasteiger partial charge on any atom is 0.107 e. The molecule has 0 bridgehead atoms. The number of aromatic amines is 1. The molecule has 2 aromatic heterocycles. The lowest BCUT2D eigenvalue weighted by Gasteiger charge is -2.23. The number of rotatable bonds is 5. The molecule has 2 heterocycles. The molecular weight excluding hydrogens is 230 g/mol. The van der Waals surface area contributed by atoms with Crippen LogP contribution in [0.5, 0.6) is 0 Å². The van der Waals surface area contributed by atoms with Gasteiger partial charge in [0.25, 0.3) is 0 Å². The first kappa shape index (κ1) is 12.9. The Morgan fingerprint density at radius 1 is 1.50 bits per heavy atom. The second-order valence-electron chi connectivity index (χ2n) is 4.79. The van der Waals surface area contributed by atoms with Gasteiger partial charge in [0.1, 0.15) is 17.1 Å². The Hall–Kier alpha value is -1.59. The van der Waals surface area contributed by atoms with E-state index in [0.717, 1.165) is 22.8 Å². The molecule has 0 saturated heterocycles. The first-order chi connectivity index (χ1) is 8.49. The molecule has 0 aromatic carbocycles. The van der Waals surface area contributed by atoms with E-state index in [-0.39, 0.29) is 0 Å². The Labute approximate surface area is 106 Å². The summed E-state index contributed by atoms with van der Waals surface area (Å²) in [6.45, 7) is 6.62. The Morgan fingerprint density at radius 3 is 2.83 bits per heavy atom. The fourth-order valence-electron chi connectivity index (χ4n) is 2.08. The van der Waals surface area contributed by atoms with Crippen LogP contribution in [0, 0.1) is 13.8 Å². The zero-order valence-electron chi connectivity index (χ0n) is 10.9. The summed E-state index contributed by atoms with van der Waals surface area (Å²) in [6.07, 6.45) is 1.71. The van der Waals surface area contributed by atoms with Crippen molar-refractivity contribution in [3.8, 4) is 0 Å². The van der Waals surface area contributed by atoms with Gasteiger partial charge in [-0.3, -0.25) is 5.10 Å². The van der Waals surface area contributed by atoms with E-state index in [0.29, 0.717) is 13.1 Å². The standard InChI is InChI=1S/C13H19N3O2/c1-9-6-12(10(2)18-9)13(3,17)8-14-7-11-4-5-15-16-11/h4-6,14,17H,7-8H2,1-3H3,(H,15,16). The van der Waals surface area contributed by atoms with E-state index in [2.05, 4.69) is 15.5 Å². The predicted octanol–water partition coefficient (Wildman–Crippen LogP) is 1.62. The summed E-state index contributed by atoms with van der Waals surface area (Å²) in [6, 6.07) is 3.78. The number of aromatic nitrogens is 2. The van der Waals surface area contributed by atoms with Gasteiger partial charge in [-0.15, -0.1) is 0 Å². The molecule has 3 N–H and O–H groups in total. The SMILES string of the molecule is Cc1cc(C(C)(O)CNCc2ccn[nH]2)c(C)o1. The highest BCUT2D eigenvalue weighted by Crippen LogP contribution is 2.26. The van der Waals surface area contributed by atoms with Crippen molar-refractivity contribution in [2.45, 2.75) is 32.9 Å². The summed E-state index contributed by atoms with van der Waals surface area (Å²) in [5.41, 5.74) is 0.880. The van der Waals surface area contributed by atoms with Gasteiger partial charge in [-0.05, 0) is 32.9 Å². The van der Waals surface area contributed by atoms with Crippen molar-refractivity contribution in [3.05, 3.63) is 41.1 Å². The fraction of sp³-hybridized carbons (Fsp3) is 0.462. The predicted molar refractivity (Wildman–Crippen MR) is 68.0 cm³/mol. The molecular formula is C13H19N3O2. The van der Waals surface area contributed by atoms with E-state index in [9.17, 15) is 5.11 Å². The highest BCUT2D eigenvalue weighted by atomic mass is 16.3. The summed E-state index contributed by atoms with van der Waals surface area (Å²) in [7, 11) is 0. The van der Waals surface area contributed by atoms with Crippen LogP contribution < -0.4 is 5.32 Å². The smallest absolute Gasteiger partial charge is 0.107 e. The van der Waals surface area contributed by atoms with Crippen LogP contribution >= 0.6 is 0 Å². The molecule has 0 spiro atoms. The first-order valence-electron chi connectivity index (χ1n) is 5.98. The Kier molecular flexibility index (Phi) is 3.54. The number of furan rings is 1. The number of hydrogen-bond donors (Lipinski definition) is 3. The van der Waals surface area contributed by atoms with Crippen molar-refractivity contribution in [2.24, 2.45) is 0 Å². The second kappa shape index (κ2) is 4.96. The summed E-state index contributed by atoms with van der Waals surface area (Å²) >= 11 is 0. The first-order valence-corrected chi connectivity index (χ1v) is 5.98. The van der Waals surface area contributed by atoms with Crippen molar-refractivity contribution in [1.82, 2.24) is 15.5 Å². The van der Waals surface area contributed by atoms with Gasteiger partial charge in [-0.25, -0.2) is 0 Å². The van der Waals surface area contributed by atoms with E-state index in [1.54, 1.807) is 13.1 Å². The maximum atomic E-state index is 10.5. The van der Waals surface area contributed by atoms with E-state index in [4.69, 9.17) is 4.42 Å². The zero-order chi connectivity index (χ0) is 13.2. The molecule has 0 aliphatic carbocycles. The summed E-state index contributed by atoms with van der Waals surface area (Å²) in [4.78, 5) is 0. The average molecular weight is 249 g/mol. The molecule has 0 radical (unpaired) electrons. The van der Waals surface area contributed by atoms with Crippen LogP contribution in [0.4, 0.5) is 0 Å². The molecule has 5 nitrogen and oxygen atoms in total. The van der Waals surface area contributed by atoms with E-state index in [1.165, 1.54) is 0 Å². The highest BCUT2D eigenvalue weighted by molar-refractivity contribution is 5.26. The highest BCUT2D eigenvalue weighted by Gasteiger charge is 2.27. The van der Waals surface area contributed by atoms with Gasteiger partial charge in [0.05, 0.1) is 0 Å². The number of hydrogen-bond acceptors (Lipinski definition) is 4. The number of nitrogens with one attached hydrogen (secondary N) is 2. The number of aryl methyl sites for hydroxylation is 2. The zero-order valence-corrected chi connectivity index (χ0v) is 10.9. The minimum absolute atomic E-state index is 0.450. The van der Waals surface area contributed by atoms with Gasteiger partial charge in [-0.2, -0.15) is 5.10 Å². The molecule has 0 aliphatic rings. The molecule has 0 fully saturated rings. The molecule has 0 aliphatic heterocycles. The number of nitrogens with zero attached hydrogens (tertiary/aromatic N) is 1. The van der Waals surface area contributed by atoms with Crippen LogP contribution in [-0.2, 0) is 12.1 Å². The Bertz CT molecular complexity index is 500. The van der Waals surface area contributed by atoms with Crippen molar-refractivity contribution in [3.63, 3.8) is 0 Å². The minimum atomic E-state index is -0.943. The molecule has 2 aromatic rings. The lowest BCUT2D eigenvalue weighted by atomic mass is 9.96. The van der Waals surface area contributed by atoms with Crippen molar-refractivity contribution < 1.29 is 9.52 Å². The monoisotopic (exact) mass is 249 g/mol. The summed E-state index contributed by atoms with van der Waals surface area (Å²) < 4.78 is 5.45. The lowest BCUT2D eigenvalue weighted by Crippen LogP contribution is -2.35. The fourth-order valence-corrected chi connectivity index (χ4v) is 2.08. The normalized spacial score (nSPS) is 14.7. The maximum absolute atomic E-state index is 10.5. The Morgan fingerprint density at radius 2 is 2.28 bits per heavy atom. The summed E-state index contributed by atoms with van der Waals surface area (Å²) in [5, 5.41) is 20.4. The third-order valence-electron chi connectivity index (χ3n) is 2.96. The topological polar surface area (TPSA) is 74.1 Å². The van der Waals surface area contributed by atoms with Crippen molar-refractivity contribution >= 4 is 0 Å². The van der Waals surface area contributed by atoms with E-state index >= 15 is 0 Å². The van der Waals surface area contributed by atoms with Gasteiger partial charge in [0.15, 0.2) is 0 Å². The molecule has 98 valence electrons. The summed E-state index contributed by atoms with van der Waals surface area (Å²) in [5.74, 6) is 1.58. The average Bonchev–Trinajstić information content (AvgIpc) is 2.88. The van der Waals surface area contributed by atoms with Gasteiger partial charge in [0, 0.05) is 30.5 Å². The van der Waals surface area contributed by atoms with Gasteiger partial charge in [0.2, 0.25) is 0 Å². The van der Waals surface area contributed by atoms with E-state index < -0.39 is 5.60 Å². The minimum Gasteiger partial charge on any atom is -0.466 e. The molecule has 0 saturated carbocycles. The number of H-pyrrole nitrogens is 1. The van der Waals surface area contributed by atoms with Crippen LogP contribution in [0.2, 0.25) is 0 Å². The lowest BCUT2D eigenvalue weighted by molar-refractivity contribution is 0.0551. The van der Waals surface area contributed by atoms with Crippen molar-refractivity contribution in [2.75, 3.05) is 6.54 Å². The van der Waals surface area contributed by atoms with Crippen LogP contribution in [0.25, 0.3) is 0 Å². The van der Waals surface area contributed by atoms with Crippen LogP contribution in [0.15, 0.2) is 22.7 Å². The molecule has 1 unspecified atom stereocenters. The molecule has 1 atom stereocenters. The van der Waals surface area contributed by atoms with Crippen LogP contribution in [0.1, 0.15) is 29.7 Å². The second-order valence-corrected chi connectivity index (χ2v) is 4.79. The van der Waals surface area contributed by atoms with E-state index in [1.807, 2.05) is 26.0 Å². The van der Waals surface area contributed by atoms with Crippen molar-refractivity contribution in [1.29, 1.82) is 0 Å². The van der Waals surface area contributed by atoms with Gasteiger partial charge < -0.3 is 14.8 Å². The number of aliphatic hydroxyl groups is 1. The van der Waals surface area contributed by atoms with Crippen LogP contribution in [0.3, 0.4) is 0 Å². The Balaban J connectivity index is 1.97. The third kappa shape index (κ3) is 2.80. The molecule has 18 heavy (non-hydrogen) atoms. The molecule has 0 amide bonds.